The highest BCUT2D eigenvalue weighted by Crippen LogP contribution is 2.27. The summed E-state index contributed by atoms with van der Waals surface area (Å²) in [6, 6.07) is 12.5. The van der Waals surface area contributed by atoms with E-state index in [0.29, 0.717) is 5.69 Å². The molecule has 1 aliphatic heterocycles. The molecule has 2 aromatic rings. The highest BCUT2D eigenvalue weighted by molar-refractivity contribution is 5.95. The Morgan fingerprint density at radius 3 is 2.95 bits per heavy atom. The van der Waals surface area contributed by atoms with Gasteiger partial charge < -0.3 is 10.2 Å². The molecule has 1 N–H and O–H groups in total. The van der Waals surface area contributed by atoms with Crippen LogP contribution >= 0.6 is 0 Å². The minimum Gasteiger partial charge on any atom is -0.362 e. The molecule has 0 aliphatic carbocycles. The molecule has 0 radical (unpaired) electrons. The molecule has 2 aromatic carbocycles. The Morgan fingerprint density at radius 2 is 2.10 bits per heavy atom. The van der Waals surface area contributed by atoms with E-state index in [1.54, 1.807) is 6.07 Å². The van der Waals surface area contributed by atoms with Crippen molar-refractivity contribution in [2.75, 3.05) is 23.3 Å². The lowest BCUT2D eigenvalue weighted by atomic mass is 10.2. The minimum atomic E-state index is -0.345. The Morgan fingerprint density at radius 1 is 1.29 bits per heavy atom. The number of nitrogens with one attached hydrogen (secondary N) is 1. The van der Waals surface area contributed by atoms with Crippen LogP contribution in [-0.2, 0) is 11.2 Å². The molecule has 0 aromatic heterocycles. The summed E-state index contributed by atoms with van der Waals surface area (Å²) in [6.45, 7) is 2.97. The molecule has 0 saturated carbocycles. The van der Waals surface area contributed by atoms with Crippen molar-refractivity contribution in [3.63, 3.8) is 0 Å². The summed E-state index contributed by atoms with van der Waals surface area (Å²) < 4.78 is 13.2. The normalized spacial score (nSPS) is 13.1. The monoisotopic (exact) mass is 284 g/mol. The van der Waals surface area contributed by atoms with Crippen LogP contribution in [0.2, 0.25) is 0 Å². The lowest BCUT2D eigenvalue weighted by molar-refractivity contribution is -0.115. The number of halogens is 1. The zero-order chi connectivity index (χ0) is 14.8. The first-order valence-corrected chi connectivity index (χ1v) is 7.02. The number of rotatable bonds is 3. The molecule has 0 saturated heterocycles. The molecule has 3 rings (SSSR count). The number of fused-ring (bicyclic) bond motifs is 1. The number of carbonyl (C=O) groups excluding carboxylic acids is 1. The molecule has 4 heteroatoms. The average Bonchev–Trinajstić information content (AvgIpc) is 2.86. The first-order chi connectivity index (χ1) is 10.1. The first kappa shape index (κ1) is 13.6. The third-order valence-corrected chi connectivity index (χ3v) is 3.79. The molecule has 1 aliphatic rings. The highest BCUT2D eigenvalue weighted by atomic mass is 19.1. The quantitative estimate of drug-likeness (QED) is 0.939. The van der Waals surface area contributed by atoms with Gasteiger partial charge in [-0.3, -0.25) is 4.79 Å². The molecule has 0 spiro atoms. The van der Waals surface area contributed by atoms with Crippen molar-refractivity contribution in [2.45, 2.75) is 13.3 Å². The maximum Gasteiger partial charge on any atom is 0.243 e. The molecule has 3 nitrogen and oxygen atoms in total. The predicted octanol–water partition coefficient (Wildman–Crippen LogP) is 3.14. The third kappa shape index (κ3) is 2.89. The van der Waals surface area contributed by atoms with Gasteiger partial charge in [-0.2, -0.15) is 0 Å². The van der Waals surface area contributed by atoms with Gasteiger partial charge in [-0.15, -0.1) is 0 Å². The third-order valence-electron chi connectivity index (χ3n) is 3.79. The molecule has 1 heterocycles. The summed E-state index contributed by atoms with van der Waals surface area (Å²) >= 11 is 0. The number of hydrogen-bond donors (Lipinski definition) is 1. The molecule has 0 fully saturated rings. The Labute approximate surface area is 123 Å². The van der Waals surface area contributed by atoms with E-state index in [0.717, 1.165) is 24.2 Å². The zero-order valence-electron chi connectivity index (χ0n) is 11.9. The molecular formula is C17H17FN2O. The molecule has 0 atom stereocenters. The predicted molar refractivity (Wildman–Crippen MR) is 82.1 cm³/mol. The number of carbonyl (C=O) groups is 1. The van der Waals surface area contributed by atoms with Crippen molar-refractivity contribution in [1.82, 2.24) is 0 Å². The van der Waals surface area contributed by atoms with E-state index in [1.165, 1.54) is 17.7 Å². The van der Waals surface area contributed by atoms with Crippen molar-refractivity contribution in [1.29, 1.82) is 0 Å². The van der Waals surface area contributed by atoms with Gasteiger partial charge in [0.1, 0.15) is 5.82 Å². The lowest BCUT2D eigenvalue weighted by Gasteiger charge is -2.19. The van der Waals surface area contributed by atoms with Crippen LogP contribution < -0.4 is 10.2 Å². The lowest BCUT2D eigenvalue weighted by Crippen LogP contribution is -2.32. The van der Waals surface area contributed by atoms with Crippen molar-refractivity contribution >= 4 is 17.3 Å². The Balaban J connectivity index is 1.69. The fourth-order valence-electron chi connectivity index (χ4n) is 2.66. The molecule has 0 unspecified atom stereocenters. The van der Waals surface area contributed by atoms with Crippen LogP contribution in [0.3, 0.4) is 0 Å². The van der Waals surface area contributed by atoms with Gasteiger partial charge in [0.25, 0.3) is 0 Å². The minimum absolute atomic E-state index is 0.125. The van der Waals surface area contributed by atoms with Gasteiger partial charge in [-0.1, -0.05) is 24.3 Å². The Kier molecular flexibility index (Phi) is 3.60. The van der Waals surface area contributed by atoms with Crippen molar-refractivity contribution in [3.05, 3.63) is 59.4 Å². The summed E-state index contributed by atoms with van der Waals surface area (Å²) in [5.74, 6) is -0.470. The van der Waals surface area contributed by atoms with Crippen LogP contribution in [0.4, 0.5) is 15.8 Å². The molecule has 21 heavy (non-hydrogen) atoms. The first-order valence-electron chi connectivity index (χ1n) is 7.02. The van der Waals surface area contributed by atoms with Crippen LogP contribution in [0, 0.1) is 12.7 Å². The maximum absolute atomic E-state index is 13.2. The Bertz CT molecular complexity index is 684. The number of anilines is 2. The summed E-state index contributed by atoms with van der Waals surface area (Å²) in [6.07, 6.45) is 0.961. The second-order valence-corrected chi connectivity index (χ2v) is 5.31. The SMILES string of the molecule is Cc1ccc(F)cc1NC(=O)CN1CCc2ccccc21. The smallest absolute Gasteiger partial charge is 0.243 e. The summed E-state index contributed by atoms with van der Waals surface area (Å²) in [4.78, 5) is 14.2. The molecule has 0 bridgehead atoms. The molecule has 108 valence electrons. The van der Waals surface area contributed by atoms with Crippen LogP contribution in [0.15, 0.2) is 42.5 Å². The van der Waals surface area contributed by atoms with Crippen LogP contribution in [0.25, 0.3) is 0 Å². The number of aryl methyl sites for hydroxylation is 1. The largest absolute Gasteiger partial charge is 0.362 e. The summed E-state index contributed by atoms with van der Waals surface area (Å²) in [7, 11) is 0. The number of hydrogen-bond acceptors (Lipinski definition) is 2. The van der Waals surface area contributed by atoms with Gasteiger partial charge in [0, 0.05) is 17.9 Å². The van der Waals surface area contributed by atoms with E-state index < -0.39 is 0 Å². The fourth-order valence-corrected chi connectivity index (χ4v) is 2.66. The van der Waals surface area contributed by atoms with Crippen LogP contribution in [0.1, 0.15) is 11.1 Å². The molecular weight excluding hydrogens is 267 g/mol. The number of amides is 1. The van der Waals surface area contributed by atoms with Crippen molar-refractivity contribution in [2.24, 2.45) is 0 Å². The second kappa shape index (κ2) is 5.56. The fraction of sp³-hybridized carbons (Fsp3) is 0.235. The summed E-state index contributed by atoms with van der Waals surface area (Å²) in [5, 5.41) is 2.79. The number of benzene rings is 2. The van der Waals surface area contributed by atoms with Gasteiger partial charge >= 0.3 is 0 Å². The van der Waals surface area contributed by atoms with E-state index in [9.17, 15) is 9.18 Å². The Hall–Kier alpha value is -2.36. The second-order valence-electron chi connectivity index (χ2n) is 5.31. The van der Waals surface area contributed by atoms with Crippen molar-refractivity contribution < 1.29 is 9.18 Å². The highest BCUT2D eigenvalue weighted by Gasteiger charge is 2.20. The van der Waals surface area contributed by atoms with Crippen molar-refractivity contribution in [3.8, 4) is 0 Å². The molecule has 1 amide bonds. The van der Waals surface area contributed by atoms with Gasteiger partial charge in [-0.25, -0.2) is 4.39 Å². The van der Waals surface area contributed by atoms with E-state index in [1.807, 2.05) is 25.1 Å². The van der Waals surface area contributed by atoms with Gasteiger partial charge in [0.05, 0.1) is 6.54 Å². The van der Waals surface area contributed by atoms with E-state index in [2.05, 4.69) is 16.3 Å². The van der Waals surface area contributed by atoms with Crippen LogP contribution in [0.5, 0.6) is 0 Å². The standard InChI is InChI=1S/C17H17FN2O/c1-12-6-7-14(18)10-15(12)19-17(21)11-20-9-8-13-4-2-3-5-16(13)20/h2-7,10H,8-9,11H2,1H3,(H,19,21). The number of nitrogens with zero attached hydrogens (tertiary/aromatic N) is 1. The van der Waals surface area contributed by atoms with Gasteiger partial charge in [0.2, 0.25) is 5.91 Å². The van der Waals surface area contributed by atoms with Gasteiger partial charge in [-0.05, 0) is 42.7 Å². The topological polar surface area (TPSA) is 32.3 Å². The zero-order valence-corrected chi connectivity index (χ0v) is 11.9. The van der Waals surface area contributed by atoms with Gasteiger partial charge in [0.15, 0.2) is 0 Å². The number of para-hydroxylation sites is 1. The van der Waals surface area contributed by atoms with E-state index in [-0.39, 0.29) is 18.3 Å². The van der Waals surface area contributed by atoms with E-state index in [4.69, 9.17) is 0 Å². The van der Waals surface area contributed by atoms with Crippen LogP contribution in [-0.4, -0.2) is 19.0 Å². The van der Waals surface area contributed by atoms with E-state index >= 15 is 0 Å². The average molecular weight is 284 g/mol. The summed E-state index contributed by atoms with van der Waals surface area (Å²) in [5.41, 5.74) is 3.77. The maximum atomic E-state index is 13.2.